The Morgan fingerprint density at radius 2 is 2.23 bits per heavy atom. The van der Waals surface area contributed by atoms with E-state index in [4.69, 9.17) is 9.47 Å². The van der Waals surface area contributed by atoms with Gasteiger partial charge in [0, 0.05) is 11.8 Å². The van der Waals surface area contributed by atoms with Crippen molar-refractivity contribution in [3.05, 3.63) is 35.7 Å². The van der Waals surface area contributed by atoms with Crippen LogP contribution in [-0.4, -0.2) is 47.9 Å². The summed E-state index contributed by atoms with van der Waals surface area (Å²) in [6.07, 6.45) is -1.62. The number of nitrogens with one attached hydrogen (secondary N) is 1. The fourth-order valence-electron chi connectivity index (χ4n) is 2.79. The zero-order valence-corrected chi connectivity index (χ0v) is 14.3. The number of hydrogen-bond acceptors (Lipinski definition) is 5. The van der Waals surface area contributed by atoms with Crippen LogP contribution >= 0.6 is 0 Å². The summed E-state index contributed by atoms with van der Waals surface area (Å²) in [5.74, 6) is 0.192. The van der Waals surface area contributed by atoms with Crippen LogP contribution in [0.25, 0.3) is 0 Å². The Kier molecular flexibility index (Phi) is 5.08. The van der Waals surface area contributed by atoms with Crippen LogP contribution in [0.4, 0.5) is 13.2 Å². The van der Waals surface area contributed by atoms with E-state index in [1.165, 1.54) is 6.20 Å². The highest BCUT2D eigenvalue weighted by Gasteiger charge is 2.33. The van der Waals surface area contributed by atoms with Gasteiger partial charge in [0.15, 0.2) is 6.61 Å². The highest BCUT2D eigenvalue weighted by Crippen LogP contribution is 2.44. The molecule has 0 aromatic carbocycles. The number of alkyl halides is 3. The minimum absolute atomic E-state index is 0.0604. The molecule has 2 heterocycles. The summed E-state index contributed by atoms with van der Waals surface area (Å²) in [4.78, 5) is 16.4. The molecule has 26 heavy (non-hydrogen) atoms. The molecule has 1 aromatic heterocycles. The average molecular weight is 371 g/mol. The highest BCUT2D eigenvalue weighted by molar-refractivity contribution is 5.93. The molecule has 3 rings (SSSR count). The number of halogens is 3. The number of rotatable bonds is 5. The number of nitrogens with zero attached hydrogens (tertiary/aromatic N) is 2. The predicted octanol–water partition coefficient (Wildman–Crippen LogP) is 2.78. The van der Waals surface area contributed by atoms with E-state index in [1.807, 2.05) is 6.92 Å². The van der Waals surface area contributed by atoms with Crippen LogP contribution in [0.3, 0.4) is 0 Å². The maximum Gasteiger partial charge on any atom is 0.422 e. The van der Waals surface area contributed by atoms with Gasteiger partial charge >= 0.3 is 6.18 Å². The van der Waals surface area contributed by atoms with Crippen molar-refractivity contribution < 1.29 is 27.4 Å². The van der Waals surface area contributed by atoms with E-state index in [0.29, 0.717) is 24.4 Å². The van der Waals surface area contributed by atoms with Gasteiger partial charge < -0.3 is 9.47 Å². The topological polar surface area (TPSA) is 63.7 Å². The lowest BCUT2D eigenvalue weighted by molar-refractivity contribution is -0.154. The van der Waals surface area contributed by atoms with Gasteiger partial charge in [0.1, 0.15) is 11.9 Å². The molecule has 0 spiro atoms. The summed E-state index contributed by atoms with van der Waals surface area (Å²) in [6, 6.07) is 1.56. The minimum atomic E-state index is -4.44. The molecular formula is C17H20F3N3O3. The summed E-state index contributed by atoms with van der Waals surface area (Å²) >= 11 is 0. The van der Waals surface area contributed by atoms with Crippen LogP contribution < -0.4 is 10.2 Å². The van der Waals surface area contributed by atoms with Crippen molar-refractivity contribution >= 4 is 5.91 Å². The van der Waals surface area contributed by atoms with Crippen LogP contribution in [0.1, 0.15) is 41.6 Å². The summed E-state index contributed by atoms with van der Waals surface area (Å²) < 4.78 is 47.4. The lowest BCUT2D eigenvalue weighted by atomic mass is 10.1. The lowest BCUT2D eigenvalue weighted by Gasteiger charge is -2.32. The van der Waals surface area contributed by atoms with Crippen molar-refractivity contribution in [3.63, 3.8) is 0 Å². The normalized spacial score (nSPS) is 21.2. The van der Waals surface area contributed by atoms with Crippen molar-refractivity contribution in [1.29, 1.82) is 0 Å². The second kappa shape index (κ2) is 7.14. The van der Waals surface area contributed by atoms with E-state index < -0.39 is 12.8 Å². The maximum absolute atomic E-state index is 12.5. The van der Waals surface area contributed by atoms with E-state index in [0.717, 1.165) is 12.8 Å². The van der Waals surface area contributed by atoms with Crippen LogP contribution in [0.15, 0.2) is 24.6 Å². The van der Waals surface area contributed by atoms with Crippen LogP contribution in [0.2, 0.25) is 0 Å². The molecule has 9 heteroatoms. The van der Waals surface area contributed by atoms with Gasteiger partial charge in [0.25, 0.3) is 5.91 Å². The summed E-state index contributed by atoms with van der Waals surface area (Å²) in [7, 11) is 0. The Morgan fingerprint density at radius 3 is 2.85 bits per heavy atom. The first-order chi connectivity index (χ1) is 12.2. The van der Waals surface area contributed by atoms with Crippen molar-refractivity contribution in [3.8, 4) is 5.88 Å². The summed E-state index contributed by atoms with van der Waals surface area (Å²) in [6.45, 7) is 5.08. The second-order valence-electron chi connectivity index (χ2n) is 6.59. The zero-order chi connectivity index (χ0) is 18.9. The van der Waals surface area contributed by atoms with Crippen molar-refractivity contribution in [1.82, 2.24) is 15.4 Å². The van der Waals surface area contributed by atoms with Gasteiger partial charge in [0.05, 0.1) is 18.7 Å². The van der Waals surface area contributed by atoms with Crippen molar-refractivity contribution in [2.75, 3.05) is 19.7 Å². The van der Waals surface area contributed by atoms with Crippen molar-refractivity contribution in [2.24, 2.45) is 0 Å². The molecule has 6 nitrogen and oxygen atoms in total. The Bertz CT molecular complexity index is 704. The molecule has 1 unspecified atom stereocenters. The van der Waals surface area contributed by atoms with Gasteiger partial charge in [-0.3, -0.25) is 10.2 Å². The number of ether oxygens (including phenoxy) is 2. The molecule has 1 atom stereocenters. The molecule has 2 fully saturated rings. The van der Waals surface area contributed by atoms with Gasteiger partial charge in [-0.15, -0.1) is 0 Å². The molecule has 2 aliphatic rings. The molecule has 0 radical (unpaired) electrons. The Hall–Kier alpha value is -2.29. The number of morpholine rings is 1. The molecule has 1 aliphatic heterocycles. The monoisotopic (exact) mass is 371 g/mol. The third-order valence-electron chi connectivity index (χ3n) is 4.00. The molecule has 1 aromatic rings. The first kappa shape index (κ1) is 18.5. The number of carbonyl (C=O) groups is 1. The van der Waals surface area contributed by atoms with E-state index in [9.17, 15) is 18.0 Å². The zero-order valence-electron chi connectivity index (χ0n) is 14.3. The Balaban J connectivity index is 1.70. The molecule has 142 valence electrons. The Morgan fingerprint density at radius 1 is 1.50 bits per heavy atom. The second-order valence-corrected chi connectivity index (χ2v) is 6.59. The van der Waals surface area contributed by atoms with Crippen LogP contribution in [0, 0.1) is 0 Å². The maximum atomic E-state index is 12.5. The number of amides is 1. The van der Waals surface area contributed by atoms with Crippen LogP contribution in [-0.2, 0) is 4.74 Å². The standard InChI is InChI=1S/C17H20F3N3O3/c1-10-7-23(8-11(2)26-10)22-15(24)13-5-14(12-3-4-12)16(21-6-13)25-9-17(18,19)20/h5-6,11-12H,1,3-4,7-9H2,2H3,(H,22,24). The first-order valence-electron chi connectivity index (χ1n) is 8.31. The third-order valence-corrected chi connectivity index (χ3v) is 4.00. The molecule has 0 bridgehead atoms. The average Bonchev–Trinajstić information content (AvgIpc) is 3.35. The third kappa shape index (κ3) is 4.87. The fraction of sp³-hybridized carbons (Fsp3) is 0.529. The van der Waals surface area contributed by atoms with E-state index in [2.05, 4.69) is 17.0 Å². The highest BCUT2D eigenvalue weighted by atomic mass is 19.4. The van der Waals surface area contributed by atoms with Crippen LogP contribution in [0.5, 0.6) is 5.88 Å². The van der Waals surface area contributed by atoms with Gasteiger partial charge in [-0.1, -0.05) is 6.58 Å². The molecular weight excluding hydrogens is 351 g/mol. The number of hydrazine groups is 1. The Labute approximate surface area is 148 Å². The smallest absolute Gasteiger partial charge is 0.422 e. The SMILES string of the molecule is C=C1CN(NC(=O)c2cnc(OCC(F)(F)F)c(C3CC3)c2)CC(C)O1. The molecule has 1 saturated heterocycles. The van der Waals surface area contributed by atoms with Gasteiger partial charge in [-0.2, -0.15) is 13.2 Å². The first-order valence-corrected chi connectivity index (χ1v) is 8.31. The molecule has 1 saturated carbocycles. The van der Waals surface area contributed by atoms with Gasteiger partial charge in [0.2, 0.25) is 5.88 Å². The molecule has 1 N–H and O–H groups in total. The quantitative estimate of drug-likeness (QED) is 0.862. The van der Waals surface area contributed by atoms with E-state index in [-0.39, 0.29) is 29.4 Å². The molecule has 1 amide bonds. The minimum Gasteiger partial charge on any atom is -0.493 e. The van der Waals surface area contributed by atoms with E-state index >= 15 is 0 Å². The van der Waals surface area contributed by atoms with Crippen molar-refractivity contribution in [2.45, 2.75) is 38.0 Å². The summed E-state index contributed by atoms with van der Waals surface area (Å²) in [5, 5.41) is 1.68. The predicted molar refractivity (Wildman–Crippen MR) is 86.5 cm³/mol. The fourth-order valence-corrected chi connectivity index (χ4v) is 2.79. The largest absolute Gasteiger partial charge is 0.493 e. The number of aromatic nitrogens is 1. The number of hydrogen-bond donors (Lipinski definition) is 1. The summed E-state index contributed by atoms with van der Waals surface area (Å²) in [5.41, 5.74) is 3.57. The number of pyridine rings is 1. The van der Waals surface area contributed by atoms with Gasteiger partial charge in [-0.25, -0.2) is 9.99 Å². The lowest BCUT2D eigenvalue weighted by Crippen LogP contribution is -2.50. The molecule has 1 aliphatic carbocycles. The van der Waals surface area contributed by atoms with E-state index in [1.54, 1.807) is 11.1 Å². The number of carbonyl (C=O) groups excluding carboxylic acids is 1. The van der Waals surface area contributed by atoms with Gasteiger partial charge in [-0.05, 0) is 31.7 Å².